The van der Waals surface area contributed by atoms with E-state index in [1.54, 1.807) is 0 Å². The Balaban J connectivity index is 1.28. The Bertz CT molecular complexity index is 773. The third kappa shape index (κ3) is 5.68. The van der Waals surface area contributed by atoms with Crippen LogP contribution >= 0.6 is 0 Å². The molecule has 1 saturated heterocycles. The summed E-state index contributed by atoms with van der Waals surface area (Å²) in [6.07, 6.45) is 8.95. The van der Waals surface area contributed by atoms with E-state index in [9.17, 15) is 4.79 Å². The molecule has 1 amide bonds. The highest BCUT2D eigenvalue weighted by atomic mass is 16.5. The van der Waals surface area contributed by atoms with E-state index in [0.717, 1.165) is 37.2 Å². The minimum atomic E-state index is -0.0724. The minimum Gasteiger partial charge on any atom is -0.373 e. The molecule has 2 aromatic rings. The first-order valence-electron chi connectivity index (χ1n) is 11.0. The van der Waals surface area contributed by atoms with Gasteiger partial charge in [-0.05, 0) is 67.0 Å². The molecule has 0 unspecified atom stereocenters. The molecule has 0 bridgehead atoms. The number of piperidine rings is 1. The van der Waals surface area contributed by atoms with Gasteiger partial charge in [0.15, 0.2) is 0 Å². The van der Waals surface area contributed by atoms with Gasteiger partial charge in [-0.3, -0.25) is 4.79 Å². The van der Waals surface area contributed by atoms with Crippen molar-refractivity contribution in [2.24, 2.45) is 0 Å². The van der Waals surface area contributed by atoms with E-state index in [2.05, 4.69) is 22.8 Å². The molecule has 1 heterocycles. The Morgan fingerprint density at radius 2 is 1.59 bits per heavy atom. The number of nitrogens with zero attached hydrogens (tertiary/aromatic N) is 1. The monoisotopic (exact) mass is 391 g/mol. The molecule has 4 nitrogen and oxygen atoms in total. The van der Waals surface area contributed by atoms with Gasteiger partial charge >= 0.3 is 0 Å². The molecule has 4 heteroatoms. The molecule has 29 heavy (non-hydrogen) atoms. The number of carbonyl (C=O) groups excluding carboxylic acids is 1. The molecule has 1 radical (unpaired) electrons. The Kier molecular flexibility index (Phi) is 6.96. The summed E-state index contributed by atoms with van der Waals surface area (Å²) in [5.74, 6) is 0.614. The molecule has 1 saturated carbocycles. The lowest BCUT2D eigenvalue weighted by Gasteiger charge is -2.22. The van der Waals surface area contributed by atoms with Gasteiger partial charge in [0.05, 0.1) is 12.7 Å². The van der Waals surface area contributed by atoms with Crippen LogP contribution in [0.2, 0.25) is 0 Å². The molecule has 1 aliphatic carbocycles. The summed E-state index contributed by atoms with van der Waals surface area (Å²) < 4.78 is 5.97. The zero-order valence-electron chi connectivity index (χ0n) is 17.1. The largest absolute Gasteiger partial charge is 0.373 e. The second-order valence-electron chi connectivity index (χ2n) is 8.29. The van der Waals surface area contributed by atoms with Crippen molar-refractivity contribution in [2.45, 2.75) is 63.6 Å². The molecule has 2 fully saturated rings. The highest BCUT2D eigenvalue weighted by Gasteiger charge is 2.16. The fourth-order valence-electron chi connectivity index (χ4n) is 4.34. The van der Waals surface area contributed by atoms with Crippen LogP contribution < -0.4 is 10.6 Å². The number of nitrogens with one attached hydrogen (secondary N) is 1. The van der Waals surface area contributed by atoms with Gasteiger partial charge in [-0.2, -0.15) is 0 Å². The van der Waals surface area contributed by atoms with Gasteiger partial charge in [0.1, 0.15) is 0 Å². The molecule has 2 aliphatic rings. The van der Waals surface area contributed by atoms with E-state index in [0.29, 0.717) is 24.2 Å². The average Bonchev–Trinajstić information content (AvgIpc) is 2.80. The third-order valence-corrected chi connectivity index (χ3v) is 6.17. The molecule has 4 rings (SSSR count). The van der Waals surface area contributed by atoms with Crippen LogP contribution in [0.3, 0.4) is 0 Å². The zero-order chi connectivity index (χ0) is 19.9. The number of hydrogen-bond donors (Lipinski definition) is 1. The first-order valence-corrected chi connectivity index (χ1v) is 11.0. The molecule has 0 atom stereocenters. The number of amides is 1. The highest BCUT2D eigenvalue weighted by molar-refractivity contribution is 6.04. The van der Waals surface area contributed by atoms with Crippen molar-refractivity contribution in [3.63, 3.8) is 0 Å². The van der Waals surface area contributed by atoms with Crippen LogP contribution in [0.15, 0.2) is 48.5 Å². The maximum Gasteiger partial charge on any atom is 0.255 e. The van der Waals surface area contributed by atoms with E-state index in [1.165, 1.54) is 37.7 Å². The number of rotatable bonds is 6. The van der Waals surface area contributed by atoms with E-state index < -0.39 is 0 Å². The van der Waals surface area contributed by atoms with Crippen molar-refractivity contribution in [1.29, 1.82) is 0 Å². The van der Waals surface area contributed by atoms with E-state index in [1.807, 2.05) is 36.4 Å². The predicted molar refractivity (Wildman–Crippen MR) is 116 cm³/mol. The number of hydrogen-bond acceptors (Lipinski definition) is 2. The van der Waals surface area contributed by atoms with Crippen LogP contribution in [0.1, 0.15) is 72.3 Å². The fraction of sp³-hybridized carbons (Fsp3) is 0.480. The highest BCUT2D eigenvalue weighted by Crippen LogP contribution is 2.33. The lowest BCUT2D eigenvalue weighted by Crippen LogP contribution is -2.28. The number of anilines is 1. The smallest absolute Gasteiger partial charge is 0.255 e. The lowest BCUT2D eigenvalue weighted by atomic mass is 9.84. The predicted octanol–water partition coefficient (Wildman–Crippen LogP) is 5.27. The summed E-state index contributed by atoms with van der Waals surface area (Å²) in [5.41, 5.74) is 4.02. The summed E-state index contributed by atoms with van der Waals surface area (Å²) in [6.45, 7) is 2.41. The van der Waals surface area contributed by atoms with Gasteiger partial charge < -0.3 is 10.1 Å². The Labute approximate surface area is 174 Å². The van der Waals surface area contributed by atoms with Crippen molar-refractivity contribution in [3.05, 3.63) is 65.2 Å². The molecule has 0 aromatic heterocycles. The Morgan fingerprint density at radius 3 is 2.28 bits per heavy atom. The van der Waals surface area contributed by atoms with E-state index in [4.69, 9.17) is 4.74 Å². The first kappa shape index (κ1) is 20.1. The second-order valence-corrected chi connectivity index (χ2v) is 8.29. The number of carbonyl (C=O) groups is 1. The quantitative estimate of drug-likeness (QED) is 0.729. The average molecular weight is 392 g/mol. The molecule has 153 valence electrons. The maximum atomic E-state index is 12.6. The van der Waals surface area contributed by atoms with Crippen molar-refractivity contribution < 1.29 is 9.53 Å². The summed E-state index contributed by atoms with van der Waals surface area (Å²) in [6, 6.07) is 16.1. The van der Waals surface area contributed by atoms with Crippen LogP contribution in [-0.2, 0) is 11.3 Å². The third-order valence-electron chi connectivity index (χ3n) is 6.17. The molecule has 2 aromatic carbocycles. The van der Waals surface area contributed by atoms with Crippen molar-refractivity contribution in [2.75, 3.05) is 18.4 Å². The van der Waals surface area contributed by atoms with E-state index >= 15 is 0 Å². The van der Waals surface area contributed by atoms with Crippen LogP contribution in [-0.4, -0.2) is 25.1 Å². The molecular formula is C25H31N2O2. The number of ether oxygens (including phenoxy) is 1. The van der Waals surface area contributed by atoms with E-state index in [-0.39, 0.29) is 5.91 Å². The van der Waals surface area contributed by atoms with Crippen molar-refractivity contribution in [1.82, 2.24) is 5.32 Å². The lowest BCUT2D eigenvalue weighted by molar-refractivity contribution is 0.0207. The zero-order valence-corrected chi connectivity index (χ0v) is 17.1. The minimum absolute atomic E-state index is 0.0724. The first-order chi connectivity index (χ1) is 14.3. The molecule has 1 N–H and O–H groups in total. The van der Waals surface area contributed by atoms with Gasteiger partial charge in [0, 0.05) is 24.3 Å². The van der Waals surface area contributed by atoms with Gasteiger partial charge in [0.2, 0.25) is 0 Å². The standard InChI is InChI=1S/C25H31N2O2/c28-25(27-23-12-10-21(11-13-23)20-4-2-1-3-5-20)22-8-6-19(7-9-22)18-29-24-14-16-26-17-15-24/h6-13,20,24H,1-5,14-18H2,(H,27,28). The molecular weight excluding hydrogens is 360 g/mol. The summed E-state index contributed by atoms with van der Waals surface area (Å²) in [5, 5.41) is 7.36. The molecule has 0 spiro atoms. The number of benzene rings is 2. The SMILES string of the molecule is O=C(Nc1ccc(C2CCCCC2)cc1)c1ccc(COC2CC[N]CC2)cc1. The fourth-order valence-corrected chi connectivity index (χ4v) is 4.34. The summed E-state index contributed by atoms with van der Waals surface area (Å²) in [4.78, 5) is 12.6. The van der Waals surface area contributed by atoms with Gasteiger partial charge in [-0.25, -0.2) is 5.32 Å². The van der Waals surface area contributed by atoms with Crippen molar-refractivity contribution >= 4 is 11.6 Å². The van der Waals surface area contributed by atoms with Gasteiger partial charge in [0.25, 0.3) is 5.91 Å². The van der Waals surface area contributed by atoms with Crippen LogP contribution in [0.25, 0.3) is 0 Å². The molecule has 1 aliphatic heterocycles. The van der Waals surface area contributed by atoms with Gasteiger partial charge in [-0.15, -0.1) is 0 Å². The maximum absolute atomic E-state index is 12.6. The summed E-state index contributed by atoms with van der Waals surface area (Å²) >= 11 is 0. The van der Waals surface area contributed by atoms with Gasteiger partial charge in [-0.1, -0.05) is 43.5 Å². The van der Waals surface area contributed by atoms with Crippen LogP contribution in [0, 0.1) is 0 Å². The Morgan fingerprint density at radius 1 is 0.897 bits per heavy atom. The van der Waals surface area contributed by atoms with Crippen LogP contribution in [0.5, 0.6) is 0 Å². The second kappa shape index (κ2) is 10.0. The topological polar surface area (TPSA) is 52.4 Å². The normalized spacial score (nSPS) is 18.5. The van der Waals surface area contributed by atoms with Crippen molar-refractivity contribution in [3.8, 4) is 0 Å². The Hall–Kier alpha value is -2.17. The van der Waals surface area contributed by atoms with Crippen LogP contribution in [0.4, 0.5) is 5.69 Å². The summed E-state index contributed by atoms with van der Waals surface area (Å²) in [7, 11) is 0.